The number of hydrogen-bond acceptors (Lipinski definition) is 3. The van der Waals surface area contributed by atoms with Gasteiger partial charge in [-0.2, -0.15) is 0 Å². The first-order chi connectivity index (χ1) is 9.13. The summed E-state index contributed by atoms with van der Waals surface area (Å²) >= 11 is 3.43. The molecule has 0 spiro atoms. The Balaban J connectivity index is 2.24. The summed E-state index contributed by atoms with van der Waals surface area (Å²) in [6, 6.07) is 7.97. The zero-order valence-corrected chi connectivity index (χ0v) is 12.5. The molecule has 1 amide bonds. The van der Waals surface area contributed by atoms with Crippen LogP contribution < -0.4 is 11.5 Å². The van der Waals surface area contributed by atoms with E-state index in [1.807, 2.05) is 24.3 Å². The lowest BCUT2D eigenvalue weighted by Gasteiger charge is -2.39. The Morgan fingerprint density at radius 3 is 2.63 bits per heavy atom. The first kappa shape index (κ1) is 14.5. The number of halogens is 1. The first-order valence-corrected chi connectivity index (χ1v) is 7.43. The number of nitrogens with two attached hydrogens (primary N) is 2. The quantitative estimate of drug-likeness (QED) is 0.886. The minimum Gasteiger partial charge on any atom is -0.368 e. The Kier molecular flexibility index (Phi) is 4.96. The molecule has 4 N–H and O–H groups in total. The van der Waals surface area contributed by atoms with Gasteiger partial charge in [0.05, 0.1) is 6.04 Å². The van der Waals surface area contributed by atoms with Crippen molar-refractivity contribution in [1.82, 2.24) is 4.90 Å². The van der Waals surface area contributed by atoms with E-state index in [9.17, 15) is 4.79 Å². The van der Waals surface area contributed by atoms with Gasteiger partial charge in [0.25, 0.3) is 0 Å². The summed E-state index contributed by atoms with van der Waals surface area (Å²) in [5.41, 5.74) is 12.6. The number of piperidine rings is 1. The second-order valence-electron chi connectivity index (χ2n) is 4.95. The molecule has 1 saturated heterocycles. The van der Waals surface area contributed by atoms with Crippen LogP contribution in [0.5, 0.6) is 0 Å². The van der Waals surface area contributed by atoms with Gasteiger partial charge in [-0.05, 0) is 37.1 Å². The molecule has 104 valence electrons. The average molecular weight is 326 g/mol. The third-order valence-corrected chi connectivity index (χ3v) is 4.28. The van der Waals surface area contributed by atoms with Gasteiger partial charge in [0, 0.05) is 17.1 Å². The molecular formula is C14H20BrN3O. The van der Waals surface area contributed by atoms with E-state index in [-0.39, 0.29) is 18.0 Å². The topological polar surface area (TPSA) is 72.3 Å². The van der Waals surface area contributed by atoms with Crippen molar-refractivity contribution in [3.8, 4) is 0 Å². The number of nitrogens with zero attached hydrogens (tertiary/aromatic N) is 1. The highest BCUT2D eigenvalue weighted by Gasteiger charge is 2.32. The van der Waals surface area contributed by atoms with Crippen molar-refractivity contribution >= 4 is 21.8 Å². The summed E-state index contributed by atoms with van der Waals surface area (Å²) < 4.78 is 1.04. The van der Waals surface area contributed by atoms with Crippen LogP contribution in [0.25, 0.3) is 0 Å². The molecule has 0 bridgehead atoms. The van der Waals surface area contributed by atoms with Crippen LogP contribution in [-0.2, 0) is 4.79 Å². The fraction of sp³-hybridized carbons (Fsp3) is 0.500. The molecule has 2 atom stereocenters. The van der Waals surface area contributed by atoms with E-state index in [4.69, 9.17) is 11.5 Å². The molecule has 1 fully saturated rings. The molecule has 1 aromatic rings. The number of rotatable bonds is 4. The van der Waals surface area contributed by atoms with Gasteiger partial charge in [-0.3, -0.25) is 9.69 Å². The molecule has 0 saturated carbocycles. The third-order valence-electron chi connectivity index (χ3n) is 3.75. The normalized spacial score (nSPS) is 22.1. The Morgan fingerprint density at radius 1 is 1.37 bits per heavy atom. The second kappa shape index (κ2) is 6.50. The van der Waals surface area contributed by atoms with E-state index in [1.54, 1.807) is 0 Å². The van der Waals surface area contributed by atoms with Gasteiger partial charge >= 0.3 is 0 Å². The van der Waals surface area contributed by atoms with Crippen molar-refractivity contribution in [1.29, 1.82) is 0 Å². The summed E-state index contributed by atoms with van der Waals surface area (Å²) in [6.45, 7) is 1.37. The van der Waals surface area contributed by atoms with Crippen molar-refractivity contribution in [3.05, 3.63) is 34.3 Å². The number of likely N-dealkylation sites (tertiary alicyclic amines) is 1. The summed E-state index contributed by atoms with van der Waals surface area (Å²) in [7, 11) is 0. The van der Waals surface area contributed by atoms with Gasteiger partial charge in [-0.1, -0.05) is 34.5 Å². The maximum absolute atomic E-state index is 11.6. The monoisotopic (exact) mass is 325 g/mol. The zero-order valence-electron chi connectivity index (χ0n) is 10.9. The fourth-order valence-electron chi connectivity index (χ4n) is 2.78. The molecule has 1 aliphatic heterocycles. The van der Waals surface area contributed by atoms with Gasteiger partial charge in [0.2, 0.25) is 5.91 Å². The van der Waals surface area contributed by atoms with Crippen molar-refractivity contribution < 1.29 is 4.79 Å². The van der Waals surface area contributed by atoms with Gasteiger partial charge in [0.15, 0.2) is 0 Å². The van der Waals surface area contributed by atoms with E-state index >= 15 is 0 Å². The Labute approximate surface area is 122 Å². The Bertz CT molecular complexity index is 435. The maximum atomic E-state index is 11.6. The smallest absolute Gasteiger partial charge is 0.234 e. The van der Waals surface area contributed by atoms with Crippen LogP contribution in [0.4, 0.5) is 0 Å². The molecule has 1 aromatic carbocycles. The number of hydrogen-bond donors (Lipinski definition) is 2. The van der Waals surface area contributed by atoms with Crippen molar-refractivity contribution in [2.45, 2.75) is 31.3 Å². The average Bonchev–Trinajstić information content (AvgIpc) is 2.42. The van der Waals surface area contributed by atoms with E-state index in [2.05, 4.69) is 20.8 Å². The van der Waals surface area contributed by atoms with Gasteiger partial charge in [-0.15, -0.1) is 0 Å². The molecule has 2 unspecified atom stereocenters. The zero-order chi connectivity index (χ0) is 13.8. The Morgan fingerprint density at radius 2 is 2.05 bits per heavy atom. The van der Waals surface area contributed by atoms with Crippen LogP contribution in [0.1, 0.15) is 30.9 Å². The summed E-state index contributed by atoms with van der Waals surface area (Å²) in [5, 5.41) is 0. The van der Waals surface area contributed by atoms with Crippen LogP contribution in [0.2, 0.25) is 0 Å². The predicted octanol–water partition coefficient (Wildman–Crippen LogP) is 1.79. The molecule has 0 radical (unpaired) electrons. The lowest BCUT2D eigenvalue weighted by atomic mass is 9.96. The van der Waals surface area contributed by atoms with E-state index in [0.717, 1.165) is 35.8 Å². The van der Waals surface area contributed by atoms with Gasteiger partial charge in [-0.25, -0.2) is 0 Å². The van der Waals surface area contributed by atoms with Gasteiger partial charge < -0.3 is 11.5 Å². The van der Waals surface area contributed by atoms with Crippen LogP contribution in [0, 0.1) is 0 Å². The second-order valence-corrected chi connectivity index (χ2v) is 5.87. The minimum absolute atomic E-state index is 0.0610. The van der Waals surface area contributed by atoms with Crippen molar-refractivity contribution in [2.24, 2.45) is 11.5 Å². The molecule has 5 heteroatoms. The van der Waals surface area contributed by atoms with Gasteiger partial charge in [0.1, 0.15) is 0 Å². The highest BCUT2D eigenvalue weighted by molar-refractivity contribution is 9.10. The number of primary amides is 1. The van der Waals surface area contributed by atoms with Crippen LogP contribution in [-0.4, -0.2) is 29.9 Å². The molecule has 1 heterocycles. The first-order valence-electron chi connectivity index (χ1n) is 6.64. The van der Waals surface area contributed by atoms with Crippen molar-refractivity contribution in [3.63, 3.8) is 0 Å². The predicted molar refractivity (Wildman–Crippen MR) is 79.5 cm³/mol. The molecule has 0 aliphatic carbocycles. The maximum Gasteiger partial charge on any atom is 0.234 e. The largest absolute Gasteiger partial charge is 0.368 e. The lowest BCUT2D eigenvalue weighted by molar-refractivity contribution is -0.125. The molecular weight excluding hydrogens is 306 g/mol. The van der Waals surface area contributed by atoms with E-state index < -0.39 is 0 Å². The minimum atomic E-state index is -0.240. The standard InChI is InChI=1S/C14H20BrN3O/c15-11-6-4-10(5-7-11)13(9-16)18-8-2-1-3-12(18)14(17)19/h4-7,12-13H,1-3,8-9,16H2,(H2,17,19). The number of carbonyl (C=O) groups excluding carboxylic acids is 1. The number of carbonyl (C=O) groups is 1. The molecule has 4 nitrogen and oxygen atoms in total. The SMILES string of the molecule is NCC(c1ccc(Br)cc1)N1CCCCC1C(N)=O. The van der Waals surface area contributed by atoms with Crippen LogP contribution in [0.3, 0.4) is 0 Å². The highest BCUT2D eigenvalue weighted by Crippen LogP contribution is 2.28. The molecule has 19 heavy (non-hydrogen) atoms. The summed E-state index contributed by atoms with van der Waals surface area (Å²) in [6.07, 6.45) is 2.99. The summed E-state index contributed by atoms with van der Waals surface area (Å²) in [5.74, 6) is -0.240. The number of benzene rings is 1. The van der Waals surface area contributed by atoms with E-state index in [1.165, 1.54) is 0 Å². The highest BCUT2D eigenvalue weighted by atomic mass is 79.9. The molecule has 1 aliphatic rings. The van der Waals surface area contributed by atoms with Crippen LogP contribution >= 0.6 is 15.9 Å². The van der Waals surface area contributed by atoms with Crippen molar-refractivity contribution in [2.75, 3.05) is 13.1 Å². The molecule has 0 aromatic heterocycles. The third kappa shape index (κ3) is 3.35. The van der Waals surface area contributed by atoms with E-state index in [0.29, 0.717) is 6.54 Å². The Hall–Kier alpha value is -0.910. The molecule has 2 rings (SSSR count). The van der Waals surface area contributed by atoms with Crippen LogP contribution in [0.15, 0.2) is 28.7 Å². The number of amides is 1. The fourth-order valence-corrected chi connectivity index (χ4v) is 3.04. The summed E-state index contributed by atoms with van der Waals surface area (Å²) in [4.78, 5) is 13.8. The lowest BCUT2D eigenvalue weighted by Crippen LogP contribution is -2.50.